The van der Waals surface area contributed by atoms with Crippen molar-refractivity contribution in [1.29, 1.82) is 0 Å². The van der Waals surface area contributed by atoms with E-state index < -0.39 is 0 Å². The first kappa shape index (κ1) is 13.6. The molecule has 2 aromatic heterocycles. The SMILES string of the molecule is CN(Cc1ccccc1)C(=O)c1sc2ncccc2c1N. The molecule has 4 nitrogen and oxygen atoms in total. The first-order valence-electron chi connectivity index (χ1n) is 6.59. The number of thiophene rings is 1. The van der Waals surface area contributed by atoms with Crippen LogP contribution in [0.5, 0.6) is 0 Å². The van der Waals surface area contributed by atoms with Crippen molar-refractivity contribution in [2.24, 2.45) is 0 Å². The first-order chi connectivity index (χ1) is 10.2. The van der Waals surface area contributed by atoms with E-state index in [1.54, 1.807) is 18.1 Å². The number of aromatic nitrogens is 1. The van der Waals surface area contributed by atoms with Gasteiger partial charge >= 0.3 is 0 Å². The summed E-state index contributed by atoms with van der Waals surface area (Å²) in [4.78, 5) is 19.9. The number of amides is 1. The normalized spacial score (nSPS) is 10.7. The Morgan fingerprint density at radius 1 is 1.24 bits per heavy atom. The van der Waals surface area contributed by atoms with Gasteiger partial charge in [-0.25, -0.2) is 4.98 Å². The zero-order valence-electron chi connectivity index (χ0n) is 11.6. The van der Waals surface area contributed by atoms with E-state index in [2.05, 4.69) is 4.98 Å². The Labute approximate surface area is 126 Å². The molecule has 0 fully saturated rings. The van der Waals surface area contributed by atoms with Crippen molar-refractivity contribution < 1.29 is 4.79 Å². The topological polar surface area (TPSA) is 59.2 Å². The molecular formula is C16H15N3OS. The predicted molar refractivity (Wildman–Crippen MR) is 86.3 cm³/mol. The van der Waals surface area contributed by atoms with Crippen LogP contribution in [0.3, 0.4) is 0 Å². The van der Waals surface area contributed by atoms with E-state index in [0.717, 1.165) is 15.8 Å². The Kier molecular flexibility index (Phi) is 3.58. The van der Waals surface area contributed by atoms with Gasteiger partial charge in [0.25, 0.3) is 5.91 Å². The number of nitrogen functional groups attached to an aromatic ring is 1. The van der Waals surface area contributed by atoms with Crippen molar-refractivity contribution in [2.75, 3.05) is 12.8 Å². The highest BCUT2D eigenvalue weighted by Gasteiger charge is 2.20. The number of benzene rings is 1. The molecule has 106 valence electrons. The van der Waals surface area contributed by atoms with Crippen LogP contribution in [0.4, 0.5) is 5.69 Å². The van der Waals surface area contributed by atoms with Gasteiger partial charge in [-0.05, 0) is 17.7 Å². The summed E-state index contributed by atoms with van der Waals surface area (Å²) in [6.07, 6.45) is 1.71. The third-order valence-corrected chi connectivity index (χ3v) is 4.43. The number of hydrogen-bond donors (Lipinski definition) is 1. The Hall–Kier alpha value is -2.40. The van der Waals surface area contributed by atoms with E-state index in [-0.39, 0.29) is 5.91 Å². The molecule has 3 aromatic rings. The monoisotopic (exact) mass is 297 g/mol. The number of nitrogens with two attached hydrogens (primary N) is 1. The number of fused-ring (bicyclic) bond motifs is 1. The van der Waals surface area contributed by atoms with E-state index in [0.29, 0.717) is 17.1 Å². The molecule has 3 rings (SSSR count). The van der Waals surface area contributed by atoms with Crippen molar-refractivity contribution in [3.63, 3.8) is 0 Å². The predicted octanol–water partition coefficient (Wildman–Crippen LogP) is 3.15. The Morgan fingerprint density at radius 2 is 2.00 bits per heavy atom. The highest BCUT2D eigenvalue weighted by atomic mass is 32.1. The zero-order chi connectivity index (χ0) is 14.8. The van der Waals surface area contributed by atoms with Crippen LogP contribution >= 0.6 is 11.3 Å². The minimum Gasteiger partial charge on any atom is -0.397 e. The van der Waals surface area contributed by atoms with Crippen LogP contribution in [0, 0.1) is 0 Å². The fourth-order valence-electron chi connectivity index (χ4n) is 2.21. The average Bonchev–Trinajstić information content (AvgIpc) is 2.85. The number of rotatable bonds is 3. The molecule has 0 unspecified atom stereocenters. The van der Waals surface area contributed by atoms with Crippen LogP contribution in [0.25, 0.3) is 10.2 Å². The van der Waals surface area contributed by atoms with E-state index in [1.165, 1.54) is 11.3 Å². The lowest BCUT2D eigenvalue weighted by molar-refractivity contribution is 0.0791. The van der Waals surface area contributed by atoms with E-state index in [1.807, 2.05) is 42.5 Å². The Morgan fingerprint density at radius 3 is 2.71 bits per heavy atom. The van der Waals surface area contributed by atoms with Crippen LogP contribution in [0.15, 0.2) is 48.7 Å². The molecule has 2 heterocycles. The fraction of sp³-hybridized carbons (Fsp3) is 0.125. The van der Waals surface area contributed by atoms with Gasteiger partial charge in [-0.3, -0.25) is 4.79 Å². The molecule has 1 amide bonds. The summed E-state index contributed by atoms with van der Waals surface area (Å²) in [5, 5.41) is 0.846. The molecular weight excluding hydrogens is 282 g/mol. The molecule has 0 atom stereocenters. The van der Waals surface area contributed by atoms with Crippen molar-refractivity contribution in [2.45, 2.75) is 6.54 Å². The largest absolute Gasteiger partial charge is 0.397 e. The van der Waals surface area contributed by atoms with Gasteiger partial charge in [0.05, 0.1) is 5.69 Å². The summed E-state index contributed by atoms with van der Waals surface area (Å²) in [6, 6.07) is 13.6. The second kappa shape index (κ2) is 5.54. The van der Waals surface area contributed by atoms with Gasteiger partial charge in [0.2, 0.25) is 0 Å². The van der Waals surface area contributed by atoms with Crippen molar-refractivity contribution in [1.82, 2.24) is 9.88 Å². The van der Waals surface area contributed by atoms with Crippen molar-refractivity contribution in [3.05, 3.63) is 59.1 Å². The number of hydrogen-bond acceptors (Lipinski definition) is 4. The third-order valence-electron chi connectivity index (χ3n) is 3.31. The number of nitrogens with zero attached hydrogens (tertiary/aromatic N) is 2. The van der Waals surface area contributed by atoms with Crippen molar-refractivity contribution >= 4 is 33.1 Å². The van der Waals surface area contributed by atoms with Crippen LogP contribution in [0.1, 0.15) is 15.2 Å². The lowest BCUT2D eigenvalue weighted by Crippen LogP contribution is -2.26. The van der Waals surface area contributed by atoms with Crippen LogP contribution in [0.2, 0.25) is 0 Å². The Bertz CT molecular complexity index is 783. The molecule has 0 radical (unpaired) electrons. The second-order valence-corrected chi connectivity index (χ2v) is 5.85. The van der Waals surface area contributed by atoms with Gasteiger partial charge in [0.1, 0.15) is 9.71 Å². The fourth-order valence-corrected chi connectivity index (χ4v) is 3.27. The van der Waals surface area contributed by atoms with Crippen molar-refractivity contribution in [3.8, 4) is 0 Å². The minimum absolute atomic E-state index is 0.0700. The summed E-state index contributed by atoms with van der Waals surface area (Å²) in [5.74, 6) is -0.0700. The molecule has 21 heavy (non-hydrogen) atoms. The van der Waals surface area contributed by atoms with Gasteiger partial charge < -0.3 is 10.6 Å². The molecule has 1 aromatic carbocycles. The minimum atomic E-state index is -0.0700. The molecule has 0 aliphatic heterocycles. The summed E-state index contributed by atoms with van der Waals surface area (Å²) < 4.78 is 0. The van der Waals surface area contributed by atoms with Gasteiger partial charge in [0.15, 0.2) is 0 Å². The van der Waals surface area contributed by atoms with E-state index in [4.69, 9.17) is 5.73 Å². The van der Waals surface area contributed by atoms with Crippen LogP contribution < -0.4 is 5.73 Å². The average molecular weight is 297 g/mol. The van der Waals surface area contributed by atoms with Gasteiger partial charge in [0, 0.05) is 25.2 Å². The van der Waals surface area contributed by atoms with Gasteiger partial charge in [-0.15, -0.1) is 11.3 Å². The van der Waals surface area contributed by atoms with Crippen LogP contribution in [-0.4, -0.2) is 22.8 Å². The molecule has 0 saturated heterocycles. The van der Waals surface area contributed by atoms with Gasteiger partial charge in [-0.1, -0.05) is 30.3 Å². The standard InChI is InChI=1S/C16H15N3OS/c1-19(10-11-6-3-2-4-7-11)16(20)14-13(17)12-8-5-9-18-15(12)21-14/h2-9H,10,17H2,1H3. The van der Waals surface area contributed by atoms with Crippen LogP contribution in [-0.2, 0) is 6.54 Å². The summed E-state index contributed by atoms with van der Waals surface area (Å²) in [6.45, 7) is 0.556. The highest BCUT2D eigenvalue weighted by Crippen LogP contribution is 2.32. The second-order valence-electron chi connectivity index (χ2n) is 4.85. The summed E-state index contributed by atoms with van der Waals surface area (Å²) in [5.41, 5.74) is 7.70. The maximum absolute atomic E-state index is 12.6. The number of carbonyl (C=O) groups is 1. The first-order valence-corrected chi connectivity index (χ1v) is 7.41. The molecule has 0 saturated carbocycles. The van der Waals surface area contributed by atoms with Gasteiger partial charge in [-0.2, -0.15) is 0 Å². The molecule has 0 bridgehead atoms. The molecule has 5 heteroatoms. The lowest BCUT2D eigenvalue weighted by Gasteiger charge is -2.16. The quantitative estimate of drug-likeness (QED) is 0.808. The molecule has 0 spiro atoms. The molecule has 0 aliphatic carbocycles. The Balaban J connectivity index is 1.88. The maximum Gasteiger partial charge on any atom is 0.266 e. The lowest BCUT2D eigenvalue weighted by atomic mass is 10.2. The smallest absolute Gasteiger partial charge is 0.266 e. The number of anilines is 1. The van der Waals surface area contributed by atoms with E-state index in [9.17, 15) is 4.79 Å². The van der Waals surface area contributed by atoms with E-state index >= 15 is 0 Å². The third kappa shape index (κ3) is 2.60. The highest BCUT2D eigenvalue weighted by molar-refractivity contribution is 7.21. The number of carbonyl (C=O) groups excluding carboxylic acids is 1. The number of pyridine rings is 1. The summed E-state index contributed by atoms with van der Waals surface area (Å²) >= 11 is 1.34. The molecule has 2 N–H and O–H groups in total. The maximum atomic E-state index is 12.6. The zero-order valence-corrected chi connectivity index (χ0v) is 12.4. The molecule has 0 aliphatic rings. The summed E-state index contributed by atoms with van der Waals surface area (Å²) in [7, 11) is 1.78.